The molecule has 3 N–H and O–H groups in total. The third-order valence-corrected chi connectivity index (χ3v) is 4.88. The third kappa shape index (κ3) is 3.17. The number of piperazine rings is 1. The number of nitrogens with zero attached hydrogens (tertiary/aromatic N) is 2. The third-order valence-electron chi connectivity index (χ3n) is 3.21. The van der Waals surface area contributed by atoms with Gasteiger partial charge in [-0.3, -0.25) is 9.89 Å². The van der Waals surface area contributed by atoms with Crippen molar-refractivity contribution in [2.75, 3.05) is 32.7 Å². The van der Waals surface area contributed by atoms with Gasteiger partial charge in [0.1, 0.15) is 4.90 Å². The van der Waals surface area contributed by atoms with Gasteiger partial charge in [-0.05, 0) is 13.8 Å². The van der Waals surface area contributed by atoms with Crippen LogP contribution in [-0.4, -0.2) is 62.1 Å². The minimum absolute atomic E-state index is 0.116. The highest BCUT2D eigenvalue weighted by Gasteiger charge is 2.24. The Labute approximate surface area is 118 Å². The predicted molar refractivity (Wildman–Crippen MR) is 72.7 cm³/mol. The van der Waals surface area contributed by atoms with E-state index >= 15 is 0 Å². The van der Waals surface area contributed by atoms with E-state index in [4.69, 9.17) is 0 Å². The lowest BCUT2D eigenvalue weighted by atomic mass is 10.3. The van der Waals surface area contributed by atoms with Crippen LogP contribution in [0.2, 0.25) is 0 Å². The van der Waals surface area contributed by atoms with E-state index in [1.807, 2.05) is 0 Å². The molecule has 2 rings (SSSR count). The molecule has 0 aliphatic carbocycles. The Kier molecular flexibility index (Phi) is 4.41. The van der Waals surface area contributed by atoms with Crippen molar-refractivity contribution >= 4 is 15.9 Å². The molecule has 9 heteroatoms. The number of carbonyl (C=O) groups excluding carboxylic acids is 1. The number of carbonyl (C=O) groups is 1. The standard InChI is InChI=1S/C11H19N5O3S/c1-8-11(9(2)15-14-8)20(18,19)13-7-10(17)16-5-3-12-4-6-16/h12-13H,3-7H2,1-2H3,(H,14,15). The molecule has 1 aromatic rings. The molecule has 8 nitrogen and oxygen atoms in total. The van der Waals surface area contributed by atoms with Crippen LogP contribution in [0.5, 0.6) is 0 Å². The maximum absolute atomic E-state index is 12.2. The Bertz CT molecular complexity index is 570. The van der Waals surface area contributed by atoms with Gasteiger partial charge in [0.2, 0.25) is 15.9 Å². The zero-order chi connectivity index (χ0) is 14.8. The van der Waals surface area contributed by atoms with E-state index in [1.165, 1.54) is 0 Å². The second-order valence-electron chi connectivity index (χ2n) is 4.72. The highest BCUT2D eigenvalue weighted by Crippen LogP contribution is 2.15. The molecular formula is C11H19N5O3S. The summed E-state index contributed by atoms with van der Waals surface area (Å²) in [6.07, 6.45) is 0. The van der Waals surface area contributed by atoms with Crippen molar-refractivity contribution in [1.82, 2.24) is 25.1 Å². The van der Waals surface area contributed by atoms with Crippen LogP contribution in [0.1, 0.15) is 11.4 Å². The van der Waals surface area contributed by atoms with Crippen LogP contribution in [-0.2, 0) is 14.8 Å². The zero-order valence-corrected chi connectivity index (χ0v) is 12.4. The Hall–Kier alpha value is -1.45. The zero-order valence-electron chi connectivity index (χ0n) is 11.6. The van der Waals surface area contributed by atoms with Gasteiger partial charge >= 0.3 is 0 Å². The molecule has 0 radical (unpaired) electrons. The summed E-state index contributed by atoms with van der Waals surface area (Å²) in [6.45, 7) is 5.68. The minimum atomic E-state index is -3.72. The fourth-order valence-corrected chi connectivity index (χ4v) is 3.53. The first-order valence-electron chi connectivity index (χ1n) is 6.41. The van der Waals surface area contributed by atoms with Gasteiger partial charge in [0, 0.05) is 26.2 Å². The molecule has 0 bridgehead atoms. The fraction of sp³-hybridized carbons (Fsp3) is 0.636. The minimum Gasteiger partial charge on any atom is -0.339 e. The lowest BCUT2D eigenvalue weighted by Crippen LogP contribution is -2.49. The van der Waals surface area contributed by atoms with Crippen molar-refractivity contribution in [2.45, 2.75) is 18.7 Å². The molecule has 112 valence electrons. The Morgan fingerprint density at radius 1 is 1.35 bits per heavy atom. The maximum atomic E-state index is 12.2. The summed E-state index contributed by atoms with van der Waals surface area (Å²) < 4.78 is 26.7. The summed E-state index contributed by atoms with van der Waals surface area (Å²) >= 11 is 0. The molecule has 1 aliphatic rings. The number of hydrogen-bond acceptors (Lipinski definition) is 5. The van der Waals surface area contributed by atoms with Crippen LogP contribution in [0.25, 0.3) is 0 Å². The molecule has 2 heterocycles. The van der Waals surface area contributed by atoms with Crippen molar-refractivity contribution < 1.29 is 13.2 Å². The van der Waals surface area contributed by atoms with Gasteiger partial charge in [0.15, 0.2) is 0 Å². The number of aromatic nitrogens is 2. The first-order valence-corrected chi connectivity index (χ1v) is 7.90. The van der Waals surface area contributed by atoms with Crippen LogP contribution in [0.15, 0.2) is 4.90 Å². The van der Waals surface area contributed by atoms with Crippen molar-refractivity contribution in [3.8, 4) is 0 Å². The molecule has 1 saturated heterocycles. The smallest absolute Gasteiger partial charge is 0.244 e. The number of aromatic amines is 1. The summed E-state index contributed by atoms with van der Waals surface area (Å²) in [7, 11) is -3.72. The monoisotopic (exact) mass is 301 g/mol. The van der Waals surface area contributed by atoms with E-state index in [-0.39, 0.29) is 17.3 Å². The molecule has 0 atom stereocenters. The number of H-pyrrole nitrogens is 1. The van der Waals surface area contributed by atoms with E-state index < -0.39 is 10.0 Å². The second kappa shape index (κ2) is 5.90. The molecule has 0 saturated carbocycles. The highest BCUT2D eigenvalue weighted by molar-refractivity contribution is 7.89. The van der Waals surface area contributed by atoms with Gasteiger partial charge in [-0.25, -0.2) is 13.1 Å². The molecule has 0 spiro atoms. The molecule has 0 unspecified atom stereocenters. The van der Waals surface area contributed by atoms with Crippen molar-refractivity contribution in [3.63, 3.8) is 0 Å². The number of nitrogens with one attached hydrogen (secondary N) is 3. The van der Waals surface area contributed by atoms with Gasteiger partial charge in [-0.2, -0.15) is 5.10 Å². The number of rotatable bonds is 4. The Morgan fingerprint density at radius 3 is 2.55 bits per heavy atom. The van der Waals surface area contributed by atoms with E-state index in [2.05, 4.69) is 20.2 Å². The molecular weight excluding hydrogens is 282 g/mol. The van der Waals surface area contributed by atoms with E-state index in [0.717, 1.165) is 13.1 Å². The topological polar surface area (TPSA) is 107 Å². The van der Waals surface area contributed by atoms with E-state index in [1.54, 1.807) is 18.7 Å². The second-order valence-corrected chi connectivity index (χ2v) is 6.42. The van der Waals surface area contributed by atoms with Crippen molar-refractivity contribution in [1.29, 1.82) is 0 Å². The summed E-state index contributed by atoms with van der Waals surface area (Å²) in [5.74, 6) is -0.214. The van der Waals surface area contributed by atoms with Gasteiger partial charge in [0.25, 0.3) is 0 Å². The van der Waals surface area contributed by atoms with E-state index in [0.29, 0.717) is 24.5 Å². The SMILES string of the molecule is Cc1n[nH]c(C)c1S(=O)(=O)NCC(=O)N1CCNCC1. The largest absolute Gasteiger partial charge is 0.339 e. The summed E-state index contributed by atoms with van der Waals surface area (Å²) in [6, 6.07) is 0. The van der Waals surface area contributed by atoms with Gasteiger partial charge in [0.05, 0.1) is 17.9 Å². The van der Waals surface area contributed by atoms with Crippen LogP contribution < -0.4 is 10.0 Å². The number of aryl methyl sites for hydroxylation is 2. The number of amides is 1. The van der Waals surface area contributed by atoms with Crippen LogP contribution in [0, 0.1) is 13.8 Å². The Balaban J connectivity index is 2.01. The Morgan fingerprint density at radius 2 is 2.00 bits per heavy atom. The van der Waals surface area contributed by atoms with Gasteiger partial charge < -0.3 is 10.2 Å². The maximum Gasteiger partial charge on any atom is 0.244 e. The molecule has 1 aromatic heterocycles. The van der Waals surface area contributed by atoms with E-state index in [9.17, 15) is 13.2 Å². The summed E-state index contributed by atoms with van der Waals surface area (Å²) in [5.41, 5.74) is 0.856. The summed E-state index contributed by atoms with van der Waals surface area (Å²) in [5, 5.41) is 9.61. The highest BCUT2D eigenvalue weighted by atomic mass is 32.2. The molecule has 0 aromatic carbocycles. The van der Waals surface area contributed by atoms with Crippen LogP contribution in [0.4, 0.5) is 0 Å². The van der Waals surface area contributed by atoms with Gasteiger partial charge in [-0.15, -0.1) is 0 Å². The number of sulfonamides is 1. The van der Waals surface area contributed by atoms with Gasteiger partial charge in [-0.1, -0.05) is 0 Å². The van der Waals surface area contributed by atoms with Crippen LogP contribution >= 0.6 is 0 Å². The quantitative estimate of drug-likeness (QED) is 0.643. The first-order chi connectivity index (χ1) is 9.42. The lowest BCUT2D eigenvalue weighted by molar-refractivity contribution is -0.130. The fourth-order valence-electron chi connectivity index (χ4n) is 2.19. The normalized spacial score (nSPS) is 16.4. The molecule has 1 aliphatic heterocycles. The van der Waals surface area contributed by atoms with Crippen molar-refractivity contribution in [2.24, 2.45) is 0 Å². The molecule has 20 heavy (non-hydrogen) atoms. The number of hydrogen-bond donors (Lipinski definition) is 3. The lowest BCUT2D eigenvalue weighted by Gasteiger charge is -2.27. The predicted octanol–water partition coefficient (Wildman–Crippen LogP) is -1.26. The van der Waals surface area contributed by atoms with Crippen LogP contribution in [0.3, 0.4) is 0 Å². The molecule has 1 fully saturated rings. The average Bonchev–Trinajstić information content (AvgIpc) is 2.77. The first kappa shape index (κ1) is 14.9. The van der Waals surface area contributed by atoms with Crippen molar-refractivity contribution in [3.05, 3.63) is 11.4 Å². The summed E-state index contributed by atoms with van der Waals surface area (Å²) in [4.78, 5) is 13.7. The molecule has 1 amide bonds. The average molecular weight is 301 g/mol.